The number of aliphatic hydroxyl groups excluding tert-OH is 1. The van der Waals surface area contributed by atoms with Crippen molar-refractivity contribution in [2.75, 3.05) is 11.9 Å². The summed E-state index contributed by atoms with van der Waals surface area (Å²) in [6.45, 7) is 0.705. The molecule has 1 aliphatic rings. The van der Waals surface area contributed by atoms with Gasteiger partial charge in [0.25, 0.3) is 0 Å². The Hall–Kier alpha value is -1.13. The van der Waals surface area contributed by atoms with Crippen LogP contribution in [-0.2, 0) is 0 Å². The average Bonchev–Trinajstić information content (AvgIpc) is 2.30. The minimum absolute atomic E-state index is 0.328. The number of nitrogens with one attached hydrogen (secondary N) is 1. The molecule has 1 aromatic rings. The highest BCUT2D eigenvalue weighted by Crippen LogP contribution is 2.29. The third-order valence-electron chi connectivity index (χ3n) is 2.53. The molecule has 2 atom stereocenters. The van der Waals surface area contributed by atoms with E-state index in [1.807, 2.05) is 0 Å². The number of anilines is 1. The molecule has 0 spiro atoms. The molecule has 2 rings (SSSR count). The van der Waals surface area contributed by atoms with Gasteiger partial charge in [-0.25, -0.2) is 4.39 Å². The number of hydrogen-bond donors (Lipinski definition) is 3. The summed E-state index contributed by atoms with van der Waals surface area (Å²) in [5.41, 5.74) is 7.05. The zero-order chi connectivity index (χ0) is 10.1. The molecule has 76 valence electrons. The zero-order valence-electron chi connectivity index (χ0n) is 7.70. The summed E-state index contributed by atoms with van der Waals surface area (Å²) >= 11 is 0. The largest absolute Gasteiger partial charge is 0.387 e. The number of halogens is 1. The van der Waals surface area contributed by atoms with E-state index in [0.717, 1.165) is 5.69 Å². The van der Waals surface area contributed by atoms with Crippen LogP contribution in [0.15, 0.2) is 18.2 Å². The van der Waals surface area contributed by atoms with Gasteiger partial charge in [0.1, 0.15) is 5.82 Å². The van der Waals surface area contributed by atoms with E-state index in [2.05, 4.69) is 5.32 Å². The highest BCUT2D eigenvalue weighted by atomic mass is 19.1. The number of hydrogen-bond acceptors (Lipinski definition) is 3. The van der Waals surface area contributed by atoms with Crippen LogP contribution in [0.5, 0.6) is 0 Å². The third-order valence-corrected chi connectivity index (χ3v) is 2.53. The van der Waals surface area contributed by atoms with Crippen LogP contribution in [0, 0.1) is 5.82 Å². The summed E-state index contributed by atoms with van der Waals surface area (Å²) in [6.07, 6.45) is -0.104. The van der Waals surface area contributed by atoms with Crippen molar-refractivity contribution in [2.24, 2.45) is 5.73 Å². The van der Waals surface area contributed by atoms with Crippen molar-refractivity contribution in [1.29, 1.82) is 0 Å². The highest BCUT2D eigenvalue weighted by Gasteiger charge is 2.23. The van der Waals surface area contributed by atoms with E-state index in [-0.39, 0.29) is 11.9 Å². The Kier molecular flexibility index (Phi) is 2.39. The molecular formula is C10H13FN2O. The summed E-state index contributed by atoms with van der Waals surface area (Å²) in [5.74, 6) is -0.348. The number of rotatable bonds is 0. The Morgan fingerprint density at radius 2 is 2.29 bits per heavy atom. The molecule has 0 radical (unpaired) electrons. The fourth-order valence-electron chi connectivity index (χ4n) is 1.70. The topological polar surface area (TPSA) is 58.3 Å². The van der Waals surface area contributed by atoms with Crippen molar-refractivity contribution in [2.45, 2.75) is 18.6 Å². The number of nitrogens with two attached hydrogens (primary N) is 1. The molecule has 0 aliphatic carbocycles. The van der Waals surface area contributed by atoms with Crippen LogP contribution in [0.1, 0.15) is 18.1 Å². The van der Waals surface area contributed by atoms with Gasteiger partial charge in [-0.3, -0.25) is 0 Å². The van der Waals surface area contributed by atoms with E-state index >= 15 is 0 Å². The molecule has 3 nitrogen and oxygen atoms in total. The Morgan fingerprint density at radius 1 is 1.50 bits per heavy atom. The van der Waals surface area contributed by atoms with E-state index in [1.165, 1.54) is 12.1 Å². The predicted molar refractivity (Wildman–Crippen MR) is 52.4 cm³/mol. The lowest BCUT2D eigenvalue weighted by molar-refractivity contribution is 0.146. The first-order chi connectivity index (χ1) is 6.68. The summed E-state index contributed by atoms with van der Waals surface area (Å²) in [4.78, 5) is 0. The molecule has 4 heteroatoms. The van der Waals surface area contributed by atoms with Crippen molar-refractivity contribution in [1.82, 2.24) is 0 Å². The molecule has 4 N–H and O–H groups in total. The van der Waals surface area contributed by atoms with Crippen LogP contribution in [-0.4, -0.2) is 17.7 Å². The van der Waals surface area contributed by atoms with E-state index in [4.69, 9.17) is 5.73 Å². The minimum atomic E-state index is -0.782. The lowest BCUT2D eigenvalue weighted by Gasteiger charge is -2.16. The maximum Gasteiger partial charge on any atom is 0.123 e. The van der Waals surface area contributed by atoms with Crippen molar-refractivity contribution in [3.63, 3.8) is 0 Å². The van der Waals surface area contributed by atoms with Crippen LogP contribution in [0.3, 0.4) is 0 Å². The maximum atomic E-state index is 12.9. The van der Waals surface area contributed by atoms with Crippen LogP contribution < -0.4 is 11.1 Å². The van der Waals surface area contributed by atoms with E-state index in [0.29, 0.717) is 18.5 Å². The van der Waals surface area contributed by atoms with Gasteiger partial charge < -0.3 is 16.2 Å². The quantitative estimate of drug-likeness (QED) is 0.580. The molecule has 2 unspecified atom stereocenters. The second-order valence-electron chi connectivity index (χ2n) is 3.56. The Balaban J connectivity index is 2.44. The SMILES string of the molecule is NC1CCNc2ccc(F)cc2C1O. The van der Waals surface area contributed by atoms with Gasteiger partial charge >= 0.3 is 0 Å². The second kappa shape index (κ2) is 3.55. The number of aliphatic hydroxyl groups is 1. The van der Waals surface area contributed by atoms with Gasteiger partial charge in [0.15, 0.2) is 0 Å². The van der Waals surface area contributed by atoms with Crippen molar-refractivity contribution >= 4 is 5.69 Å². The van der Waals surface area contributed by atoms with E-state index in [1.54, 1.807) is 6.07 Å². The summed E-state index contributed by atoms with van der Waals surface area (Å²) in [6, 6.07) is 4.00. The second-order valence-corrected chi connectivity index (χ2v) is 3.56. The predicted octanol–water partition coefficient (Wildman–Crippen LogP) is 1.00. The van der Waals surface area contributed by atoms with Crippen molar-refractivity contribution in [3.8, 4) is 0 Å². The number of fused-ring (bicyclic) bond motifs is 1. The molecule has 0 saturated heterocycles. The van der Waals surface area contributed by atoms with Crippen LogP contribution in [0.2, 0.25) is 0 Å². The fraction of sp³-hybridized carbons (Fsp3) is 0.400. The van der Waals surface area contributed by atoms with Gasteiger partial charge in [-0.1, -0.05) is 0 Å². The zero-order valence-corrected chi connectivity index (χ0v) is 7.70. The lowest BCUT2D eigenvalue weighted by atomic mass is 10.0. The first kappa shape index (κ1) is 9.43. The van der Waals surface area contributed by atoms with Crippen LogP contribution in [0.25, 0.3) is 0 Å². The molecule has 1 heterocycles. The van der Waals surface area contributed by atoms with E-state index < -0.39 is 6.10 Å². The smallest absolute Gasteiger partial charge is 0.123 e. The lowest BCUT2D eigenvalue weighted by Crippen LogP contribution is -2.28. The van der Waals surface area contributed by atoms with Crippen LogP contribution >= 0.6 is 0 Å². The van der Waals surface area contributed by atoms with Crippen molar-refractivity contribution < 1.29 is 9.50 Å². The fourth-order valence-corrected chi connectivity index (χ4v) is 1.70. The molecule has 0 aromatic heterocycles. The Morgan fingerprint density at radius 3 is 3.07 bits per heavy atom. The van der Waals surface area contributed by atoms with Gasteiger partial charge in [-0.2, -0.15) is 0 Å². The van der Waals surface area contributed by atoms with Crippen molar-refractivity contribution in [3.05, 3.63) is 29.6 Å². The summed E-state index contributed by atoms with van der Waals surface area (Å²) in [7, 11) is 0. The van der Waals surface area contributed by atoms with Gasteiger partial charge in [-0.05, 0) is 24.6 Å². The normalized spacial score (nSPS) is 26.2. The van der Waals surface area contributed by atoms with Gasteiger partial charge in [0.2, 0.25) is 0 Å². The third kappa shape index (κ3) is 1.58. The molecule has 0 bridgehead atoms. The van der Waals surface area contributed by atoms with Gasteiger partial charge in [-0.15, -0.1) is 0 Å². The summed E-state index contributed by atoms with van der Waals surface area (Å²) < 4.78 is 12.9. The number of benzene rings is 1. The first-order valence-electron chi connectivity index (χ1n) is 4.65. The minimum Gasteiger partial charge on any atom is -0.387 e. The highest BCUT2D eigenvalue weighted by molar-refractivity contribution is 5.53. The standard InChI is InChI=1S/C10H13FN2O/c11-6-1-2-9-7(5-6)10(14)8(12)3-4-13-9/h1-2,5,8,10,13-14H,3-4,12H2. The Labute approximate surface area is 81.7 Å². The molecule has 1 aromatic carbocycles. The van der Waals surface area contributed by atoms with Gasteiger partial charge in [0, 0.05) is 23.8 Å². The monoisotopic (exact) mass is 196 g/mol. The maximum absolute atomic E-state index is 12.9. The van der Waals surface area contributed by atoms with Crippen LogP contribution in [0.4, 0.5) is 10.1 Å². The van der Waals surface area contributed by atoms with E-state index in [9.17, 15) is 9.50 Å². The molecular weight excluding hydrogens is 183 g/mol. The Bertz CT molecular complexity index is 343. The first-order valence-corrected chi connectivity index (χ1v) is 4.65. The van der Waals surface area contributed by atoms with Gasteiger partial charge in [0.05, 0.1) is 6.10 Å². The molecule has 0 amide bonds. The molecule has 0 fully saturated rings. The molecule has 14 heavy (non-hydrogen) atoms. The molecule has 0 saturated carbocycles. The average molecular weight is 196 g/mol. The molecule has 1 aliphatic heterocycles. The summed E-state index contributed by atoms with van der Waals surface area (Å²) in [5, 5.41) is 12.9.